The largest absolute Gasteiger partial charge is 0.374 e. The molecule has 4 rings (SSSR count). The van der Waals surface area contributed by atoms with Crippen molar-refractivity contribution in [2.45, 2.75) is 19.3 Å². The number of amides is 1. The zero-order valence-corrected chi connectivity index (χ0v) is 21.5. The Kier molecular flexibility index (Phi) is 9.04. The number of nitrogens with one attached hydrogen (secondary N) is 1. The molecule has 1 saturated heterocycles. The number of benzene rings is 3. The Morgan fingerprint density at radius 3 is 2.17 bits per heavy atom. The number of hydrogen-bond donors (Lipinski definition) is 1. The summed E-state index contributed by atoms with van der Waals surface area (Å²) < 4.78 is 0. The van der Waals surface area contributed by atoms with Crippen LogP contribution in [0.15, 0.2) is 85.1 Å². The molecular weight excluding hydrogens is 493 g/mol. The third kappa shape index (κ3) is 7.12. The second kappa shape index (κ2) is 12.6. The lowest BCUT2D eigenvalue weighted by molar-refractivity contribution is -0.116. The predicted molar refractivity (Wildman–Crippen MR) is 148 cm³/mol. The molecule has 3 aromatic rings. The van der Waals surface area contributed by atoms with Gasteiger partial charge >= 0.3 is 0 Å². The van der Waals surface area contributed by atoms with E-state index in [4.69, 9.17) is 23.2 Å². The summed E-state index contributed by atoms with van der Waals surface area (Å²) in [6.07, 6.45) is 5.56. The van der Waals surface area contributed by atoms with Gasteiger partial charge in [-0.25, -0.2) is 0 Å². The zero-order valence-electron chi connectivity index (χ0n) is 20.0. The predicted octanol–water partition coefficient (Wildman–Crippen LogP) is 6.47. The molecule has 1 N–H and O–H groups in total. The van der Waals surface area contributed by atoms with Crippen LogP contribution in [0.2, 0.25) is 10.0 Å². The lowest BCUT2D eigenvalue weighted by Gasteiger charge is -2.35. The van der Waals surface area contributed by atoms with Crippen molar-refractivity contribution in [2.24, 2.45) is 0 Å². The van der Waals surface area contributed by atoms with Gasteiger partial charge in [0.05, 0.1) is 15.6 Å². The molecule has 1 aliphatic heterocycles. The highest BCUT2D eigenvalue weighted by Gasteiger charge is 2.16. The Morgan fingerprint density at radius 2 is 1.50 bits per heavy atom. The molecule has 5 nitrogen and oxygen atoms in total. The fraction of sp³-hybridized carbons (Fsp3) is 0.241. The van der Waals surface area contributed by atoms with Crippen molar-refractivity contribution in [1.82, 2.24) is 4.90 Å². The fourth-order valence-corrected chi connectivity index (χ4v) is 4.78. The first kappa shape index (κ1) is 25.8. The van der Waals surface area contributed by atoms with E-state index in [9.17, 15) is 9.59 Å². The van der Waals surface area contributed by atoms with Crippen molar-refractivity contribution in [3.63, 3.8) is 0 Å². The second-order valence-corrected chi connectivity index (χ2v) is 9.55. The number of carbonyl (C=O) groups excluding carboxylic acids is 2. The van der Waals surface area contributed by atoms with E-state index in [2.05, 4.69) is 27.2 Å². The van der Waals surface area contributed by atoms with E-state index in [0.717, 1.165) is 50.4 Å². The summed E-state index contributed by atoms with van der Waals surface area (Å²) in [7, 11) is 0. The number of hydrogen-bond acceptors (Lipinski definition) is 4. The highest BCUT2D eigenvalue weighted by Crippen LogP contribution is 2.25. The molecule has 0 radical (unpaired) electrons. The van der Waals surface area contributed by atoms with E-state index in [1.165, 1.54) is 11.6 Å². The highest BCUT2D eigenvalue weighted by atomic mass is 35.5. The summed E-state index contributed by atoms with van der Waals surface area (Å²) in [5.74, 6) is -0.169. The molecule has 7 heteroatoms. The third-order valence-corrected chi connectivity index (χ3v) is 6.82. The zero-order chi connectivity index (χ0) is 25.3. The van der Waals surface area contributed by atoms with Crippen LogP contribution in [0.5, 0.6) is 0 Å². The molecular formula is C29H29Cl2N3O2. The molecule has 0 atom stereocenters. The molecule has 0 aliphatic carbocycles. The van der Waals surface area contributed by atoms with Gasteiger partial charge in [0.2, 0.25) is 5.91 Å². The summed E-state index contributed by atoms with van der Waals surface area (Å²) in [5.41, 5.74) is 3.50. The lowest BCUT2D eigenvalue weighted by Crippen LogP contribution is -2.44. The first-order valence-electron chi connectivity index (χ1n) is 12.1. The average molecular weight is 522 g/mol. The van der Waals surface area contributed by atoms with Crippen LogP contribution in [0, 0.1) is 0 Å². The van der Waals surface area contributed by atoms with Gasteiger partial charge in [0.15, 0.2) is 5.78 Å². The summed E-state index contributed by atoms with van der Waals surface area (Å²) in [6.45, 7) is 3.24. The normalized spacial score (nSPS) is 13.7. The monoisotopic (exact) mass is 521 g/mol. The van der Waals surface area contributed by atoms with Crippen molar-refractivity contribution in [3.8, 4) is 0 Å². The molecule has 1 fully saturated rings. The number of halogens is 2. The van der Waals surface area contributed by atoms with Crippen LogP contribution in [0.1, 0.15) is 28.8 Å². The Labute approximate surface area is 222 Å². The van der Waals surface area contributed by atoms with Crippen LogP contribution in [0.25, 0.3) is 0 Å². The van der Waals surface area contributed by atoms with Crippen LogP contribution >= 0.6 is 23.2 Å². The summed E-state index contributed by atoms with van der Waals surface area (Å²) in [4.78, 5) is 29.2. The molecule has 0 spiro atoms. The number of anilines is 2. The van der Waals surface area contributed by atoms with E-state index in [1.807, 2.05) is 48.7 Å². The molecule has 0 saturated carbocycles. The van der Waals surface area contributed by atoms with E-state index in [-0.39, 0.29) is 11.7 Å². The first-order valence-corrected chi connectivity index (χ1v) is 12.8. The van der Waals surface area contributed by atoms with Gasteiger partial charge < -0.3 is 15.1 Å². The Bertz CT molecular complexity index is 1180. The van der Waals surface area contributed by atoms with Gasteiger partial charge in [0.1, 0.15) is 0 Å². The van der Waals surface area contributed by atoms with Gasteiger partial charge in [-0.3, -0.25) is 9.59 Å². The molecule has 0 aromatic heterocycles. The molecule has 3 aromatic carbocycles. The number of allylic oxidation sites excluding steroid dienone is 1. The van der Waals surface area contributed by atoms with Gasteiger partial charge in [-0.1, -0.05) is 59.6 Å². The number of rotatable bonds is 9. The van der Waals surface area contributed by atoms with E-state index >= 15 is 0 Å². The van der Waals surface area contributed by atoms with Gasteiger partial charge in [-0.15, -0.1) is 0 Å². The van der Waals surface area contributed by atoms with Crippen molar-refractivity contribution in [3.05, 3.63) is 106 Å². The van der Waals surface area contributed by atoms with Crippen LogP contribution in [0.4, 0.5) is 11.4 Å². The van der Waals surface area contributed by atoms with E-state index in [1.54, 1.807) is 18.2 Å². The summed E-state index contributed by atoms with van der Waals surface area (Å²) in [6, 6.07) is 23.2. The quantitative estimate of drug-likeness (QED) is 0.259. The Hall–Kier alpha value is -3.28. The standard InChI is InChI=1S/C29H29Cl2N3O2/c30-25-9-5-10-26(31)29(25)27(35)16-17-33-18-20-34(21-19-33)24-14-12-23(13-15-24)32-28(36)11-4-8-22-6-2-1-3-7-22/h1-3,5-7,9-10,12-17H,4,8,11,18-21H2,(H,32,36). The summed E-state index contributed by atoms with van der Waals surface area (Å²) >= 11 is 12.3. The molecule has 1 aliphatic rings. The van der Waals surface area contributed by atoms with Crippen LogP contribution in [-0.2, 0) is 11.2 Å². The van der Waals surface area contributed by atoms with E-state index < -0.39 is 0 Å². The van der Waals surface area contributed by atoms with Crippen LogP contribution in [-0.4, -0.2) is 42.8 Å². The SMILES string of the molecule is O=C(CCCc1ccccc1)Nc1ccc(N2CCN(C=CC(=O)c3c(Cl)cccc3Cl)CC2)cc1. The number of aryl methyl sites for hydroxylation is 1. The minimum Gasteiger partial charge on any atom is -0.374 e. The maximum absolute atomic E-state index is 12.5. The molecule has 1 heterocycles. The Morgan fingerprint density at radius 1 is 0.833 bits per heavy atom. The second-order valence-electron chi connectivity index (χ2n) is 8.73. The third-order valence-electron chi connectivity index (χ3n) is 6.19. The van der Waals surface area contributed by atoms with E-state index in [0.29, 0.717) is 22.0 Å². The van der Waals surface area contributed by atoms with Gasteiger partial charge in [0.25, 0.3) is 0 Å². The lowest BCUT2D eigenvalue weighted by atomic mass is 10.1. The molecule has 0 unspecified atom stereocenters. The van der Waals surface area contributed by atoms with Gasteiger partial charge in [0, 0.05) is 56.3 Å². The van der Waals surface area contributed by atoms with Gasteiger partial charge in [-0.2, -0.15) is 0 Å². The van der Waals surface area contributed by atoms with Crippen molar-refractivity contribution in [1.29, 1.82) is 0 Å². The van der Waals surface area contributed by atoms with Gasteiger partial charge in [-0.05, 0) is 54.8 Å². The minimum absolute atomic E-state index is 0.0340. The van der Waals surface area contributed by atoms with Crippen molar-refractivity contribution < 1.29 is 9.59 Å². The number of nitrogens with zero attached hydrogens (tertiary/aromatic N) is 2. The number of piperazine rings is 1. The molecule has 186 valence electrons. The fourth-order valence-electron chi connectivity index (χ4n) is 4.20. The molecule has 1 amide bonds. The Balaban J connectivity index is 1.21. The van der Waals surface area contributed by atoms with Crippen LogP contribution < -0.4 is 10.2 Å². The number of carbonyl (C=O) groups is 2. The summed E-state index contributed by atoms with van der Waals surface area (Å²) in [5, 5.41) is 3.70. The highest BCUT2D eigenvalue weighted by molar-refractivity contribution is 6.40. The maximum atomic E-state index is 12.5. The van der Waals surface area contributed by atoms with Crippen LogP contribution in [0.3, 0.4) is 0 Å². The van der Waals surface area contributed by atoms with Crippen molar-refractivity contribution >= 4 is 46.3 Å². The molecule has 36 heavy (non-hydrogen) atoms. The average Bonchev–Trinajstić information content (AvgIpc) is 2.89. The first-order chi connectivity index (χ1) is 17.5. The topological polar surface area (TPSA) is 52.7 Å². The molecule has 0 bridgehead atoms. The smallest absolute Gasteiger partial charge is 0.224 e. The number of ketones is 1. The minimum atomic E-state index is -0.203. The maximum Gasteiger partial charge on any atom is 0.224 e. The van der Waals surface area contributed by atoms with Crippen molar-refractivity contribution in [2.75, 3.05) is 36.4 Å².